The van der Waals surface area contributed by atoms with Gasteiger partial charge in [0.15, 0.2) is 17.3 Å². The molecule has 0 fully saturated rings. The topological polar surface area (TPSA) is 87.5 Å². The molecule has 10 heteroatoms. The third kappa shape index (κ3) is 5.12. The molecule has 2 heterocycles. The van der Waals surface area contributed by atoms with Gasteiger partial charge in [-0.15, -0.1) is 5.10 Å². The van der Waals surface area contributed by atoms with E-state index in [1.807, 2.05) is 0 Å². The van der Waals surface area contributed by atoms with E-state index in [0.29, 0.717) is 28.4 Å². The molecule has 4 aromatic carbocycles. The molecule has 0 bridgehead atoms. The number of fused-ring (bicyclic) bond motifs is 1. The standard InChI is InChI=1S/C29H20F2N4O4/c30-20-8-5-18(6-9-20)16-37-29-33-27(23-3-1-2-4-24(23)31)35(34-29)22-12-10-21(11-13-22)32-28(36)19-7-14-25-26(15-19)39-17-38-25/h1-15H,16-17H2,(H,32,36). The molecule has 0 atom stereocenters. The number of carbonyl (C=O) groups is 1. The van der Waals surface area contributed by atoms with Gasteiger partial charge in [0, 0.05) is 11.3 Å². The number of carbonyl (C=O) groups excluding carboxylic acids is 1. The first-order valence-electron chi connectivity index (χ1n) is 11.9. The van der Waals surface area contributed by atoms with Crippen molar-refractivity contribution in [2.24, 2.45) is 0 Å². The fourth-order valence-electron chi connectivity index (χ4n) is 4.01. The van der Waals surface area contributed by atoms with Crippen molar-refractivity contribution in [3.05, 3.63) is 114 Å². The summed E-state index contributed by atoms with van der Waals surface area (Å²) in [7, 11) is 0. The molecule has 1 aliphatic rings. The number of hydrogen-bond donors (Lipinski definition) is 1. The molecule has 0 spiro atoms. The van der Waals surface area contributed by atoms with Gasteiger partial charge in [-0.3, -0.25) is 4.79 Å². The number of ether oxygens (including phenoxy) is 3. The second-order valence-electron chi connectivity index (χ2n) is 8.59. The zero-order valence-electron chi connectivity index (χ0n) is 20.3. The second kappa shape index (κ2) is 10.3. The van der Waals surface area contributed by atoms with Gasteiger partial charge in [0.05, 0.1) is 11.3 Å². The summed E-state index contributed by atoms with van der Waals surface area (Å²) in [6, 6.07) is 23.9. The van der Waals surface area contributed by atoms with Crippen molar-refractivity contribution in [3.8, 4) is 34.6 Å². The Hall–Kier alpha value is -5.25. The zero-order chi connectivity index (χ0) is 26.8. The summed E-state index contributed by atoms with van der Waals surface area (Å²) >= 11 is 0. The van der Waals surface area contributed by atoms with Crippen LogP contribution in [0.3, 0.4) is 0 Å². The van der Waals surface area contributed by atoms with Crippen LogP contribution in [0.15, 0.2) is 91.0 Å². The van der Waals surface area contributed by atoms with Crippen molar-refractivity contribution in [2.45, 2.75) is 6.61 Å². The number of aromatic nitrogens is 3. The number of benzene rings is 4. The van der Waals surface area contributed by atoms with Crippen molar-refractivity contribution < 1.29 is 27.8 Å². The lowest BCUT2D eigenvalue weighted by molar-refractivity contribution is 0.102. The van der Waals surface area contributed by atoms with Gasteiger partial charge in [0.25, 0.3) is 5.91 Å². The molecule has 5 aromatic rings. The number of hydrogen-bond acceptors (Lipinski definition) is 6. The highest BCUT2D eigenvalue weighted by Gasteiger charge is 2.19. The average molecular weight is 526 g/mol. The van der Waals surface area contributed by atoms with Crippen LogP contribution in [0.2, 0.25) is 0 Å². The lowest BCUT2D eigenvalue weighted by Crippen LogP contribution is -2.12. The quantitative estimate of drug-likeness (QED) is 0.290. The van der Waals surface area contributed by atoms with Gasteiger partial charge in [-0.25, -0.2) is 13.5 Å². The van der Waals surface area contributed by atoms with E-state index < -0.39 is 5.82 Å². The van der Waals surface area contributed by atoms with Crippen molar-refractivity contribution in [1.82, 2.24) is 14.8 Å². The molecular formula is C29H20F2N4O4. The normalized spacial score (nSPS) is 11.8. The maximum atomic E-state index is 14.7. The van der Waals surface area contributed by atoms with Crippen molar-refractivity contribution in [3.63, 3.8) is 0 Å². The number of anilines is 1. The van der Waals surface area contributed by atoms with E-state index in [1.54, 1.807) is 72.8 Å². The van der Waals surface area contributed by atoms with Gasteiger partial charge in [0.1, 0.15) is 18.2 Å². The predicted octanol–water partition coefficient (Wildman–Crippen LogP) is 5.77. The van der Waals surface area contributed by atoms with Gasteiger partial charge in [-0.2, -0.15) is 4.98 Å². The summed E-state index contributed by atoms with van der Waals surface area (Å²) < 4.78 is 45.7. The first kappa shape index (κ1) is 24.1. The summed E-state index contributed by atoms with van der Waals surface area (Å²) in [5, 5.41) is 7.27. The molecule has 8 nitrogen and oxygen atoms in total. The van der Waals surface area contributed by atoms with E-state index in [9.17, 15) is 13.6 Å². The fraction of sp³-hybridized carbons (Fsp3) is 0.0690. The number of nitrogens with zero attached hydrogens (tertiary/aromatic N) is 3. The fourth-order valence-corrected chi connectivity index (χ4v) is 4.01. The molecule has 0 radical (unpaired) electrons. The van der Waals surface area contributed by atoms with Crippen molar-refractivity contribution in [1.29, 1.82) is 0 Å². The molecule has 0 aliphatic carbocycles. The molecule has 0 unspecified atom stereocenters. The van der Waals surface area contributed by atoms with Crippen LogP contribution >= 0.6 is 0 Å². The maximum absolute atomic E-state index is 14.7. The minimum atomic E-state index is -0.469. The number of nitrogens with one attached hydrogen (secondary N) is 1. The summed E-state index contributed by atoms with van der Waals surface area (Å²) in [5.41, 5.74) is 2.49. The van der Waals surface area contributed by atoms with Gasteiger partial charge < -0.3 is 19.5 Å². The number of amides is 1. The largest absolute Gasteiger partial charge is 0.457 e. The highest BCUT2D eigenvalue weighted by molar-refractivity contribution is 6.04. The monoisotopic (exact) mass is 526 g/mol. The van der Waals surface area contributed by atoms with Crippen LogP contribution in [-0.2, 0) is 6.61 Å². The van der Waals surface area contributed by atoms with Crippen LogP contribution in [-0.4, -0.2) is 27.5 Å². The molecule has 1 N–H and O–H groups in total. The Morgan fingerprint density at radius 3 is 2.49 bits per heavy atom. The Morgan fingerprint density at radius 2 is 1.69 bits per heavy atom. The Kier molecular flexibility index (Phi) is 6.34. The smallest absolute Gasteiger partial charge is 0.336 e. The van der Waals surface area contributed by atoms with Crippen molar-refractivity contribution >= 4 is 11.6 Å². The van der Waals surface area contributed by atoms with Crippen molar-refractivity contribution in [2.75, 3.05) is 12.1 Å². The minimum absolute atomic E-state index is 0.0257. The summed E-state index contributed by atoms with van der Waals surface area (Å²) in [5.74, 6) is 0.213. The Bertz CT molecular complexity index is 1650. The van der Waals surface area contributed by atoms with Gasteiger partial charge >= 0.3 is 6.01 Å². The van der Waals surface area contributed by atoms with E-state index in [1.165, 1.54) is 22.9 Å². The Labute approximate surface area is 221 Å². The van der Waals surface area contributed by atoms with Crippen LogP contribution < -0.4 is 19.5 Å². The number of rotatable bonds is 7. The van der Waals surface area contributed by atoms with Gasteiger partial charge in [0.2, 0.25) is 6.79 Å². The third-order valence-corrected chi connectivity index (χ3v) is 5.99. The first-order valence-corrected chi connectivity index (χ1v) is 11.9. The second-order valence-corrected chi connectivity index (χ2v) is 8.59. The summed E-state index contributed by atoms with van der Waals surface area (Å²) in [4.78, 5) is 17.2. The van der Waals surface area contributed by atoms with Crippen LogP contribution in [0.5, 0.6) is 17.5 Å². The molecule has 0 saturated carbocycles. The van der Waals surface area contributed by atoms with Crippen LogP contribution in [0.25, 0.3) is 17.1 Å². The lowest BCUT2D eigenvalue weighted by atomic mass is 10.1. The predicted molar refractivity (Wildman–Crippen MR) is 138 cm³/mol. The molecule has 1 amide bonds. The highest BCUT2D eigenvalue weighted by Crippen LogP contribution is 2.33. The van der Waals surface area contributed by atoms with Gasteiger partial charge in [-0.05, 0) is 72.3 Å². The van der Waals surface area contributed by atoms with E-state index in [4.69, 9.17) is 14.2 Å². The maximum Gasteiger partial charge on any atom is 0.336 e. The molecule has 1 aliphatic heterocycles. The SMILES string of the molecule is O=C(Nc1ccc(-n2nc(OCc3ccc(F)cc3)nc2-c2ccccc2F)cc1)c1ccc2c(c1)OCO2. The highest BCUT2D eigenvalue weighted by atomic mass is 19.1. The zero-order valence-corrected chi connectivity index (χ0v) is 20.3. The average Bonchev–Trinajstić information content (AvgIpc) is 3.60. The summed E-state index contributed by atoms with van der Waals surface area (Å²) in [6.07, 6.45) is 0. The molecule has 1 aromatic heterocycles. The van der Waals surface area contributed by atoms with Gasteiger partial charge in [-0.1, -0.05) is 24.3 Å². The third-order valence-electron chi connectivity index (χ3n) is 5.99. The molecule has 194 valence electrons. The molecular weight excluding hydrogens is 506 g/mol. The van der Waals surface area contributed by atoms with Crippen LogP contribution in [0, 0.1) is 11.6 Å². The van der Waals surface area contributed by atoms with E-state index >= 15 is 0 Å². The van der Waals surface area contributed by atoms with E-state index in [2.05, 4.69) is 15.4 Å². The minimum Gasteiger partial charge on any atom is -0.457 e. The molecule has 39 heavy (non-hydrogen) atoms. The Morgan fingerprint density at radius 1 is 0.923 bits per heavy atom. The first-order chi connectivity index (χ1) is 19.0. The number of halogens is 2. The summed E-state index contributed by atoms with van der Waals surface area (Å²) in [6.45, 7) is 0.226. The molecule has 6 rings (SSSR count). The Balaban J connectivity index is 1.25. The van der Waals surface area contributed by atoms with E-state index in [0.717, 1.165) is 5.56 Å². The molecule has 0 saturated heterocycles. The lowest BCUT2D eigenvalue weighted by Gasteiger charge is -2.09. The van der Waals surface area contributed by atoms with E-state index in [-0.39, 0.29) is 42.5 Å². The van der Waals surface area contributed by atoms with Crippen LogP contribution in [0.4, 0.5) is 14.5 Å². The van der Waals surface area contributed by atoms with Crippen LogP contribution in [0.1, 0.15) is 15.9 Å².